The summed E-state index contributed by atoms with van der Waals surface area (Å²) in [5.41, 5.74) is 2.32. The average molecular weight is 350 g/mol. The van der Waals surface area contributed by atoms with Crippen molar-refractivity contribution < 1.29 is 9.47 Å². The molecular formula is C17H20BrNO2. The van der Waals surface area contributed by atoms with Crippen LogP contribution in [0.15, 0.2) is 53.0 Å². The fraction of sp³-hybridized carbons (Fsp3) is 0.294. The van der Waals surface area contributed by atoms with Gasteiger partial charge in [-0.15, -0.1) is 0 Å². The topological polar surface area (TPSA) is 30.5 Å². The Bertz CT molecular complexity index is 543. The van der Waals surface area contributed by atoms with Crippen molar-refractivity contribution in [1.82, 2.24) is 5.32 Å². The highest BCUT2D eigenvalue weighted by Gasteiger charge is 2.01. The lowest BCUT2D eigenvalue weighted by atomic mass is 10.2. The Morgan fingerprint density at radius 3 is 2.52 bits per heavy atom. The van der Waals surface area contributed by atoms with Crippen molar-refractivity contribution >= 4 is 15.9 Å². The molecule has 0 atom stereocenters. The highest BCUT2D eigenvalue weighted by atomic mass is 79.9. The first-order chi connectivity index (χ1) is 10.3. The van der Waals surface area contributed by atoms with Gasteiger partial charge in [0.25, 0.3) is 0 Å². The second-order valence-corrected chi connectivity index (χ2v) is 5.58. The van der Waals surface area contributed by atoms with Crippen LogP contribution in [0.5, 0.6) is 5.75 Å². The SMILES string of the molecule is CNCc1ccccc1OCCOCc1ccc(Br)cc1. The molecule has 2 aromatic rings. The molecule has 0 aliphatic heterocycles. The molecule has 0 unspecified atom stereocenters. The van der Waals surface area contributed by atoms with Gasteiger partial charge in [-0.2, -0.15) is 0 Å². The molecule has 4 heteroatoms. The molecule has 0 fully saturated rings. The Kier molecular flexibility index (Phi) is 6.73. The average Bonchev–Trinajstić information content (AvgIpc) is 2.51. The summed E-state index contributed by atoms with van der Waals surface area (Å²) in [5.74, 6) is 0.916. The van der Waals surface area contributed by atoms with Gasteiger partial charge in [0.15, 0.2) is 0 Å². The lowest BCUT2D eigenvalue weighted by Gasteiger charge is -2.11. The molecule has 3 nitrogen and oxygen atoms in total. The Balaban J connectivity index is 1.71. The number of hydrogen-bond acceptors (Lipinski definition) is 3. The van der Waals surface area contributed by atoms with E-state index in [0.717, 1.165) is 27.9 Å². The van der Waals surface area contributed by atoms with E-state index in [1.807, 2.05) is 49.5 Å². The summed E-state index contributed by atoms with van der Waals surface area (Å²) in [6, 6.07) is 16.2. The number of rotatable bonds is 8. The smallest absolute Gasteiger partial charge is 0.123 e. The molecule has 0 aliphatic carbocycles. The van der Waals surface area contributed by atoms with Gasteiger partial charge in [0.05, 0.1) is 13.2 Å². The van der Waals surface area contributed by atoms with Crippen LogP contribution in [0.1, 0.15) is 11.1 Å². The fourth-order valence-corrected chi connectivity index (χ4v) is 2.23. The number of ether oxygens (including phenoxy) is 2. The molecule has 0 radical (unpaired) electrons. The van der Waals surface area contributed by atoms with Gasteiger partial charge in [0.2, 0.25) is 0 Å². The zero-order valence-electron chi connectivity index (χ0n) is 12.1. The van der Waals surface area contributed by atoms with Crippen molar-refractivity contribution in [2.45, 2.75) is 13.2 Å². The minimum absolute atomic E-state index is 0.553. The van der Waals surface area contributed by atoms with Gasteiger partial charge < -0.3 is 14.8 Å². The summed E-state index contributed by atoms with van der Waals surface area (Å²) in [5, 5.41) is 3.14. The molecular weight excluding hydrogens is 330 g/mol. The largest absolute Gasteiger partial charge is 0.491 e. The molecule has 2 aromatic carbocycles. The number of nitrogens with one attached hydrogen (secondary N) is 1. The predicted octanol–water partition coefficient (Wildman–Crippen LogP) is 3.76. The summed E-state index contributed by atoms with van der Waals surface area (Å²) in [7, 11) is 1.93. The Morgan fingerprint density at radius 1 is 1.00 bits per heavy atom. The van der Waals surface area contributed by atoms with E-state index in [1.165, 1.54) is 0 Å². The molecule has 0 saturated carbocycles. The first-order valence-corrected chi connectivity index (χ1v) is 7.76. The van der Waals surface area contributed by atoms with Crippen molar-refractivity contribution in [2.75, 3.05) is 20.3 Å². The van der Waals surface area contributed by atoms with Crippen LogP contribution in [0.25, 0.3) is 0 Å². The summed E-state index contributed by atoms with van der Waals surface area (Å²) >= 11 is 3.42. The third kappa shape index (κ3) is 5.50. The Morgan fingerprint density at radius 2 is 1.76 bits per heavy atom. The molecule has 21 heavy (non-hydrogen) atoms. The summed E-state index contributed by atoms with van der Waals surface area (Å²) < 4.78 is 12.5. The van der Waals surface area contributed by atoms with Crippen LogP contribution in [0.2, 0.25) is 0 Å². The molecule has 0 bridgehead atoms. The van der Waals surface area contributed by atoms with Crippen molar-refractivity contribution in [3.8, 4) is 5.75 Å². The minimum Gasteiger partial charge on any atom is -0.491 e. The van der Waals surface area contributed by atoms with Crippen LogP contribution in [0.3, 0.4) is 0 Å². The number of benzene rings is 2. The molecule has 112 valence electrons. The second kappa shape index (κ2) is 8.82. The maximum Gasteiger partial charge on any atom is 0.123 e. The third-order valence-electron chi connectivity index (χ3n) is 3.01. The van der Waals surface area contributed by atoms with E-state index in [-0.39, 0.29) is 0 Å². The zero-order chi connectivity index (χ0) is 14.9. The molecule has 2 rings (SSSR count). The molecule has 0 amide bonds. The summed E-state index contributed by atoms with van der Waals surface area (Å²) in [6.45, 7) is 2.53. The minimum atomic E-state index is 0.553. The second-order valence-electron chi connectivity index (χ2n) is 4.67. The number of para-hydroxylation sites is 1. The van der Waals surface area contributed by atoms with Crippen LogP contribution >= 0.6 is 15.9 Å². The van der Waals surface area contributed by atoms with Crippen LogP contribution in [-0.4, -0.2) is 20.3 Å². The maximum absolute atomic E-state index is 5.77. The quantitative estimate of drug-likeness (QED) is 0.736. The van der Waals surface area contributed by atoms with Gasteiger partial charge >= 0.3 is 0 Å². The predicted molar refractivity (Wildman–Crippen MR) is 88.5 cm³/mol. The van der Waals surface area contributed by atoms with Crippen molar-refractivity contribution in [2.24, 2.45) is 0 Å². The molecule has 0 heterocycles. The van der Waals surface area contributed by atoms with Gasteiger partial charge in [-0.25, -0.2) is 0 Å². The van der Waals surface area contributed by atoms with Crippen molar-refractivity contribution in [3.63, 3.8) is 0 Å². The van der Waals surface area contributed by atoms with Gasteiger partial charge in [-0.3, -0.25) is 0 Å². The van der Waals surface area contributed by atoms with E-state index >= 15 is 0 Å². The van der Waals surface area contributed by atoms with Gasteiger partial charge in [0.1, 0.15) is 12.4 Å². The fourth-order valence-electron chi connectivity index (χ4n) is 1.96. The van der Waals surface area contributed by atoms with E-state index in [2.05, 4.69) is 27.3 Å². The molecule has 1 N–H and O–H groups in total. The van der Waals surface area contributed by atoms with Crippen LogP contribution < -0.4 is 10.1 Å². The normalized spacial score (nSPS) is 10.6. The highest BCUT2D eigenvalue weighted by Crippen LogP contribution is 2.17. The first kappa shape index (κ1) is 16.0. The highest BCUT2D eigenvalue weighted by molar-refractivity contribution is 9.10. The number of halogens is 1. The van der Waals surface area contributed by atoms with Crippen molar-refractivity contribution in [1.29, 1.82) is 0 Å². The Labute approximate surface area is 134 Å². The zero-order valence-corrected chi connectivity index (χ0v) is 13.7. The van der Waals surface area contributed by atoms with Crippen LogP contribution in [-0.2, 0) is 17.9 Å². The van der Waals surface area contributed by atoms with Gasteiger partial charge in [0, 0.05) is 16.6 Å². The lowest BCUT2D eigenvalue weighted by molar-refractivity contribution is 0.0886. The molecule has 0 saturated heterocycles. The van der Waals surface area contributed by atoms with Gasteiger partial charge in [-0.05, 0) is 30.8 Å². The van der Waals surface area contributed by atoms with E-state index in [4.69, 9.17) is 9.47 Å². The summed E-state index contributed by atoms with van der Waals surface area (Å²) in [6.07, 6.45) is 0. The molecule has 0 spiro atoms. The Hall–Kier alpha value is -1.36. The lowest BCUT2D eigenvalue weighted by Crippen LogP contribution is -2.10. The first-order valence-electron chi connectivity index (χ1n) is 6.97. The van der Waals surface area contributed by atoms with E-state index in [9.17, 15) is 0 Å². The standard InChI is InChI=1S/C17H20BrNO2/c1-19-12-15-4-2-3-5-17(15)21-11-10-20-13-14-6-8-16(18)9-7-14/h2-9,19H,10-13H2,1H3. The number of hydrogen-bond donors (Lipinski definition) is 1. The van der Waals surface area contributed by atoms with E-state index in [1.54, 1.807) is 0 Å². The van der Waals surface area contributed by atoms with Crippen LogP contribution in [0.4, 0.5) is 0 Å². The maximum atomic E-state index is 5.77. The van der Waals surface area contributed by atoms with E-state index < -0.39 is 0 Å². The third-order valence-corrected chi connectivity index (χ3v) is 3.54. The van der Waals surface area contributed by atoms with E-state index in [0.29, 0.717) is 19.8 Å². The molecule has 0 aromatic heterocycles. The molecule has 0 aliphatic rings. The summed E-state index contributed by atoms with van der Waals surface area (Å²) in [4.78, 5) is 0. The van der Waals surface area contributed by atoms with Gasteiger partial charge in [-0.1, -0.05) is 46.3 Å². The monoisotopic (exact) mass is 349 g/mol. The van der Waals surface area contributed by atoms with Crippen LogP contribution in [0, 0.1) is 0 Å². The van der Waals surface area contributed by atoms with Crippen molar-refractivity contribution in [3.05, 3.63) is 64.1 Å².